The summed E-state index contributed by atoms with van der Waals surface area (Å²) in [6.07, 6.45) is 7.67. The Morgan fingerprint density at radius 2 is 1.35 bits per heavy atom. The van der Waals surface area contributed by atoms with Crippen LogP contribution in [0, 0.1) is 11.8 Å². The second kappa shape index (κ2) is 39.4. The standard InChI is InChI=1S/C38H66N8O8.C5H11NO2.C4H9NO2.CH2O2/c1-10-24(5)30-34(52)42-26(11-2)32(50)46-38(8,36(54)44-29(23(3)4)33(51)40-9)22-17-15-13-12-14-16-21-37(7,35(53)41-25(6)31(49)43-30)45-28(48)20-18-19-27(39)47;1-2-6-5(8)3-4-7;1-5-4(7)2-3-6;2-1-3/h12-13,23-26,29-30H,10-11,14-22H2,1-9H3,(H2,39,47)(H,40,51)(H,41,53)(H,42,52)(H,43,49)(H,44,54)(H,45,48)(H,46,50);7H,2-4H2,1H3,(H,6,8);6H,2-3H2,1H3,(H,5,7);1H,(H,2,3)/b13-12+;;;/t24-,25?,26?,29?,30?,37?,38?;;;/m0.../s1. The molecule has 72 heavy (non-hydrogen) atoms. The number of nitrogens with two attached hydrogens (primary N) is 1. The topological polar surface area (TPSA) is 383 Å². The van der Waals surface area contributed by atoms with Gasteiger partial charge in [0.05, 0.1) is 13.2 Å². The highest BCUT2D eigenvalue weighted by Gasteiger charge is 2.40. The lowest BCUT2D eigenvalue weighted by atomic mass is 9.91. The Balaban J connectivity index is -0.00000223. The van der Waals surface area contributed by atoms with Gasteiger partial charge in [-0.05, 0) is 90.9 Å². The number of rotatable bonds is 17. The fourth-order valence-corrected chi connectivity index (χ4v) is 6.62. The van der Waals surface area contributed by atoms with Crippen molar-refractivity contribution >= 4 is 65.5 Å². The Bertz CT molecular complexity index is 1740. The van der Waals surface area contributed by atoms with Crippen molar-refractivity contribution in [3.63, 3.8) is 0 Å². The number of likely N-dealkylation sites (N-methyl/N-ethyl adjacent to an activating group) is 1. The Labute approximate surface area is 425 Å². The van der Waals surface area contributed by atoms with Gasteiger partial charge in [-0.3, -0.25) is 52.7 Å². The van der Waals surface area contributed by atoms with E-state index in [1.165, 1.54) is 21.0 Å². The van der Waals surface area contributed by atoms with Crippen LogP contribution in [0.2, 0.25) is 0 Å². The summed E-state index contributed by atoms with van der Waals surface area (Å²) in [6.45, 7) is 15.6. The van der Waals surface area contributed by atoms with Gasteiger partial charge in [0.2, 0.25) is 59.1 Å². The number of amides is 10. The van der Waals surface area contributed by atoms with E-state index in [1.54, 1.807) is 41.5 Å². The number of aliphatic hydroxyl groups excluding tert-OH is 2. The molecule has 7 atom stereocenters. The molecule has 6 unspecified atom stereocenters. The quantitative estimate of drug-likeness (QED) is 0.0642. The van der Waals surface area contributed by atoms with E-state index in [0.29, 0.717) is 38.6 Å². The minimum Gasteiger partial charge on any atom is -0.483 e. The van der Waals surface area contributed by atoms with E-state index in [9.17, 15) is 47.9 Å². The third-order valence-corrected chi connectivity index (χ3v) is 11.3. The first kappa shape index (κ1) is 70.1. The third kappa shape index (κ3) is 29.9. The van der Waals surface area contributed by atoms with Crippen LogP contribution < -0.4 is 53.6 Å². The lowest BCUT2D eigenvalue weighted by molar-refractivity contribution is -0.138. The maximum Gasteiger partial charge on any atom is 0.290 e. The average molecular weight is 1030 g/mol. The highest BCUT2D eigenvalue weighted by atomic mass is 16.3. The molecule has 0 spiro atoms. The van der Waals surface area contributed by atoms with Crippen molar-refractivity contribution in [2.75, 3.05) is 33.9 Å². The molecule has 0 aromatic rings. The maximum absolute atomic E-state index is 13.8. The van der Waals surface area contributed by atoms with Crippen molar-refractivity contribution in [1.82, 2.24) is 47.9 Å². The Morgan fingerprint density at radius 3 is 1.81 bits per heavy atom. The van der Waals surface area contributed by atoms with Crippen LogP contribution in [0.5, 0.6) is 0 Å². The maximum atomic E-state index is 13.8. The van der Waals surface area contributed by atoms with Gasteiger partial charge in [-0.1, -0.05) is 53.2 Å². The van der Waals surface area contributed by atoms with Crippen molar-refractivity contribution < 1.29 is 68.1 Å². The van der Waals surface area contributed by atoms with E-state index < -0.39 is 76.6 Å². The molecule has 0 bridgehead atoms. The van der Waals surface area contributed by atoms with E-state index in [0.717, 1.165) is 0 Å². The van der Waals surface area contributed by atoms with Gasteiger partial charge in [-0.15, -0.1) is 0 Å². The van der Waals surface area contributed by atoms with Gasteiger partial charge in [0.1, 0.15) is 35.2 Å². The molecule has 0 radical (unpaired) electrons. The number of hydrogen-bond acceptors (Lipinski definition) is 13. The molecular formula is C48H88N10O14. The number of primary amides is 1. The van der Waals surface area contributed by atoms with Gasteiger partial charge in [0.25, 0.3) is 6.47 Å². The predicted octanol–water partition coefficient (Wildman–Crippen LogP) is -0.560. The van der Waals surface area contributed by atoms with E-state index in [2.05, 4.69) is 47.9 Å². The summed E-state index contributed by atoms with van der Waals surface area (Å²) in [4.78, 5) is 134. The normalized spacial score (nSPS) is 22.2. The molecule has 414 valence electrons. The van der Waals surface area contributed by atoms with Crippen molar-refractivity contribution in [2.24, 2.45) is 17.6 Å². The number of carboxylic acid groups (broad SMARTS) is 1. The zero-order chi connectivity index (χ0) is 56.0. The van der Waals surface area contributed by atoms with E-state index in [-0.39, 0.29) is 101 Å². The SMILES string of the molecule is CCC1NC(=O)C([C@@H](C)CC)NC(=O)C(C)NC(=O)C(C)(NC(=O)CCCC(N)=O)CCC/C=C/CCCC(C)(C(=O)NC(C(=O)NC)C(C)C)NC1=O.CCNC(=O)CCO.CNC(=O)CCO.O=CO. The highest BCUT2D eigenvalue weighted by Crippen LogP contribution is 2.20. The smallest absolute Gasteiger partial charge is 0.290 e. The van der Waals surface area contributed by atoms with Crippen molar-refractivity contribution in [2.45, 2.75) is 181 Å². The number of carbonyl (C=O) groups excluding carboxylic acids is 10. The first-order chi connectivity index (χ1) is 33.8. The van der Waals surface area contributed by atoms with Crippen LogP contribution in [0.25, 0.3) is 0 Å². The number of carbonyl (C=O) groups is 11. The van der Waals surface area contributed by atoms with Gasteiger partial charge < -0.3 is 68.9 Å². The molecule has 24 nitrogen and oxygen atoms in total. The molecular weight excluding hydrogens is 941 g/mol. The summed E-state index contributed by atoms with van der Waals surface area (Å²) in [5.74, 6) is -5.19. The van der Waals surface area contributed by atoms with Gasteiger partial charge >= 0.3 is 0 Å². The highest BCUT2D eigenvalue weighted by molar-refractivity contribution is 5.98. The Hall–Kier alpha value is -6.17. The first-order valence-corrected chi connectivity index (χ1v) is 24.6. The van der Waals surface area contributed by atoms with Crippen molar-refractivity contribution in [1.29, 1.82) is 0 Å². The second-order valence-corrected chi connectivity index (χ2v) is 17.8. The lowest BCUT2D eigenvalue weighted by Gasteiger charge is -2.34. The number of nitrogens with one attached hydrogen (secondary N) is 9. The summed E-state index contributed by atoms with van der Waals surface area (Å²) >= 11 is 0. The van der Waals surface area contributed by atoms with E-state index in [4.69, 9.17) is 25.8 Å². The van der Waals surface area contributed by atoms with Crippen molar-refractivity contribution in [3.05, 3.63) is 12.2 Å². The number of allylic oxidation sites excluding steroid dienone is 2. The summed E-state index contributed by atoms with van der Waals surface area (Å²) < 4.78 is 0. The Morgan fingerprint density at radius 1 is 0.792 bits per heavy atom. The molecule has 14 N–H and O–H groups in total. The predicted molar refractivity (Wildman–Crippen MR) is 270 cm³/mol. The van der Waals surface area contributed by atoms with Crippen molar-refractivity contribution in [3.8, 4) is 0 Å². The zero-order valence-electron chi connectivity index (χ0n) is 44.4. The monoisotopic (exact) mass is 1030 g/mol. The van der Waals surface area contributed by atoms with Crippen LogP contribution in [-0.4, -0.2) is 150 Å². The molecule has 0 aromatic heterocycles. The van der Waals surface area contributed by atoms with Gasteiger partial charge in [0, 0.05) is 46.3 Å². The van der Waals surface area contributed by atoms with Crippen LogP contribution in [0.3, 0.4) is 0 Å². The number of aliphatic hydroxyl groups is 2. The average Bonchev–Trinajstić information content (AvgIpc) is 3.31. The molecule has 0 aliphatic carbocycles. The second-order valence-electron chi connectivity index (χ2n) is 17.8. The summed E-state index contributed by atoms with van der Waals surface area (Å²) in [5.41, 5.74) is 2.35. The van der Waals surface area contributed by atoms with E-state index >= 15 is 0 Å². The molecule has 24 heteroatoms. The molecule has 0 fully saturated rings. The first-order valence-electron chi connectivity index (χ1n) is 24.6. The zero-order valence-corrected chi connectivity index (χ0v) is 44.4. The molecule has 1 aliphatic rings. The van der Waals surface area contributed by atoms with Crippen LogP contribution in [0.1, 0.15) is 146 Å². The molecule has 1 heterocycles. The summed E-state index contributed by atoms with van der Waals surface area (Å²) in [6, 6.07) is -4.09. The molecule has 10 amide bonds. The largest absolute Gasteiger partial charge is 0.483 e. The van der Waals surface area contributed by atoms with Gasteiger partial charge in [-0.25, -0.2) is 0 Å². The van der Waals surface area contributed by atoms with Gasteiger partial charge in [-0.2, -0.15) is 0 Å². The third-order valence-electron chi connectivity index (χ3n) is 11.3. The van der Waals surface area contributed by atoms with E-state index in [1.807, 2.05) is 26.0 Å². The van der Waals surface area contributed by atoms with Crippen LogP contribution in [-0.2, 0) is 52.7 Å². The van der Waals surface area contributed by atoms with Crippen LogP contribution >= 0.6 is 0 Å². The number of hydrogen-bond donors (Lipinski definition) is 13. The molecule has 1 aliphatic heterocycles. The molecule has 0 saturated carbocycles. The van der Waals surface area contributed by atoms with Crippen LogP contribution in [0.15, 0.2) is 12.2 Å². The fourth-order valence-electron chi connectivity index (χ4n) is 6.62. The van der Waals surface area contributed by atoms with Crippen LogP contribution in [0.4, 0.5) is 0 Å². The Kier molecular flexibility index (Phi) is 38.4. The van der Waals surface area contributed by atoms with Gasteiger partial charge in [0.15, 0.2) is 0 Å². The fraction of sp³-hybridized carbons (Fsp3) is 0.729. The summed E-state index contributed by atoms with van der Waals surface area (Å²) in [5, 5.41) is 47.3. The molecule has 1 rings (SSSR count). The minimum absolute atomic E-state index is 0.0186. The minimum atomic E-state index is -1.45. The molecule has 0 aromatic carbocycles. The summed E-state index contributed by atoms with van der Waals surface area (Å²) in [7, 11) is 3.02. The lowest BCUT2D eigenvalue weighted by Crippen LogP contribution is -2.64. The molecule has 0 saturated heterocycles.